The number of benzene rings is 6. The van der Waals surface area contributed by atoms with E-state index in [4.69, 9.17) is 18.1 Å². The minimum Gasteiger partial charge on any atom is -0.478 e. The Morgan fingerprint density at radius 3 is 0.957 bits per heavy atom. The first kappa shape index (κ1) is 75.1. The number of fused-ring (bicyclic) bond motifs is 3. The molecule has 5 radical (unpaired) electrons. The smallest absolute Gasteiger partial charge is 0.416 e. The molecule has 2 aliphatic heterocycles. The first-order valence-corrected chi connectivity index (χ1v) is 29.1. The van der Waals surface area contributed by atoms with Crippen LogP contribution >= 0.6 is 8.16 Å². The van der Waals surface area contributed by atoms with E-state index in [1.54, 1.807) is 0 Å². The number of hydrogen-bond acceptors (Lipinski definition) is 5. The molecular weight excluding hydrogens is 1510 g/mol. The molecule has 2 fully saturated rings. The molecule has 1 saturated carbocycles. The van der Waals surface area contributed by atoms with Gasteiger partial charge in [0, 0.05) is 37.4 Å². The van der Waals surface area contributed by atoms with Crippen LogP contribution in [0, 0.1) is 31.6 Å². The zero-order chi connectivity index (χ0) is 68.7. The minimum absolute atomic E-state index is 0. The molecule has 5 nitrogen and oxygen atoms in total. The Labute approximate surface area is 534 Å². The Hall–Kier alpha value is -6.32. The van der Waals surface area contributed by atoms with Crippen molar-refractivity contribution in [2.45, 2.75) is 114 Å². The summed E-state index contributed by atoms with van der Waals surface area (Å²) in [6, 6.07) is 7.92. The van der Waals surface area contributed by atoms with E-state index in [9.17, 15) is 105 Å². The molecule has 0 amide bonds. The predicted molar refractivity (Wildman–Crippen MR) is 300 cm³/mol. The van der Waals surface area contributed by atoms with Crippen molar-refractivity contribution in [2.24, 2.45) is 10.9 Å². The van der Waals surface area contributed by atoms with Crippen LogP contribution in [0.15, 0.2) is 135 Å². The number of para-hydroxylation sites is 2. The summed E-state index contributed by atoms with van der Waals surface area (Å²) in [6.45, 7) is 6.00. The fraction of sp³-hybridized carbons (Fsp3) is 0.339. The quantitative estimate of drug-likeness (QED) is 0.118. The van der Waals surface area contributed by atoms with E-state index in [-0.39, 0.29) is 32.2 Å². The summed E-state index contributed by atoms with van der Waals surface area (Å²) in [7, 11) is -1.29. The van der Waals surface area contributed by atoms with Gasteiger partial charge in [0.05, 0.1) is 56.6 Å². The summed E-state index contributed by atoms with van der Waals surface area (Å²) in [4.78, 5) is 4.88. The Morgan fingerprint density at radius 2 is 0.702 bits per heavy atom. The fourth-order valence-corrected chi connectivity index (χ4v) is 12.5. The number of alkyl halides is 24. The number of halogens is 24. The zero-order valence-corrected chi connectivity index (χ0v) is 51.6. The molecule has 94 heavy (non-hydrogen) atoms. The normalized spacial score (nSPS) is 17.5. The molecule has 1 aliphatic carbocycles. The minimum atomic E-state index is -6.13. The van der Waals surface area contributed by atoms with Crippen molar-refractivity contribution in [3.8, 4) is 0 Å². The number of hydrogen-bond donors (Lipinski definition) is 0. The third-order valence-corrected chi connectivity index (χ3v) is 17.0. The molecular formula is C62H49BF24IrN2O3P-. The third-order valence-electron chi connectivity index (χ3n) is 15.4. The maximum atomic E-state index is 14.2. The van der Waals surface area contributed by atoms with Crippen LogP contribution < -0.4 is 26.5 Å². The second kappa shape index (κ2) is 28.4. The summed E-state index contributed by atoms with van der Waals surface area (Å²) >= 11 is 0. The van der Waals surface area contributed by atoms with E-state index in [1.807, 2.05) is 36.4 Å². The van der Waals surface area contributed by atoms with Crippen LogP contribution in [-0.4, -0.2) is 37.3 Å². The molecule has 0 bridgehead atoms. The number of rotatable bonds is 7. The first-order valence-electron chi connectivity index (χ1n) is 27.9. The molecule has 1 saturated heterocycles. The van der Waals surface area contributed by atoms with Gasteiger partial charge in [0.25, 0.3) is 0 Å². The van der Waals surface area contributed by atoms with Crippen LogP contribution in [0.2, 0.25) is 0 Å². The molecule has 2 atom stereocenters. The van der Waals surface area contributed by atoms with Gasteiger partial charge < -0.3 is 13.1 Å². The summed E-state index contributed by atoms with van der Waals surface area (Å²) in [5, 5.41) is 2.15. The molecule has 3 aliphatic rings. The van der Waals surface area contributed by atoms with E-state index in [1.165, 1.54) is 25.7 Å². The van der Waals surface area contributed by atoms with Gasteiger partial charge in [0.15, 0.2) is 0 Å². The molecule has 511 valence electrons. The molecule has 0 unspecified atom stereocenters. The van der Waals surface area contributed by atoms with E-state index >= 15 is 0 Å². The standard InChI is InChI=1S/C32H12BF24.C22H25N2O3P.C8H12.Ir/c34-25(35,36)13-1-14(26(37,38)39)6-21(5-13)33(22-7-15(27(40,41)42)2-16(8-22)28(43,44)45,23-9-17(29(46,47)48)3-18(10-23)30(49,50)51)24-11-19(31(52,53)54)4-20(12-24)32(55,56)57;1-15(2)18-14-25-22(23-18)19-10-7-13-24(19)28-26-20-11-5-3-8-16(20)17-9-4-6-12-21(17)27-28;1-2-4-6-8-7-5-3-1;/h1-12H;3-6,8-9,11-12,15,18-19H,7,10,13-14H2,1-2H3;1-2,7-8H,3-6H2;/q-1;;;/t;18-,19+;;/m.1../s1. The monoisotopic (exact) mass is 1560 g/mol. The van der Waals surface area contributed by atoms with E-state index in [0.717, 1.165) is 47.2 Å². The molecule has 0 N–H and O–H groups in total. The number of ether oxygens (including phenoxy) is 1. The fourth-order valence-electron chi connectivity index (χ4n) is 10.9. The number of nitrogens with zero attached hydrogens (tertiary/aromatic N) is 2. The molecule has 1 aromatic heterocycles. The van der Waals surface area contributed by atoms with E-state index < -0.39 is 203 Å². The van der Waals surface area contributed by atoms with Gasteiger partial charge in [-0.1, -0.05) is 98.8 Å². The van der Waals surface area contributed by atoms with Crippen molar-refractivity contribution in [3.63, 3.8) is 0 Å². The average molecular weight is 1560 g/mol. The molecule has 7 aromatic rings. The van der Waals surface area contributed by atoms with Crippen LogP contribution in [0.5, 0.6) is 0 Å². The molecule has 0 spiro atoms. The van der Waals surface area contributed by atoms with Gasteiger partial charge >= 0.3 is 57.6 Å². The largest absolute Gasteiger partial charge is 0.478 e. The SMILES string of the molecule is CC(C)[C@H]1COC([C@@H]2CCCN2p2oc3ccccc3c3ccccc3o2)=N1.FC(F)(F)c1cc([B-](c2cc(C(F)(F)F)cc(C(F)(F)F)c2)(c2cc(C(F)(F)F)cc(C(F)(F)F)c2)c2cc(C(F)(F)F)cc(C(F)(F)F)c2)cc(C(F)(F)F)c1.[CH]1[CH]CC[CH][CH]CC1.[Ir]. The Morgan fingerprint density at radius 1 is 0.426 bits per heavy atom. The number of aliphatic imine (C=N–C) groups is 1. The summed E-state index contributed by atoms with van der Waals surface area (Å²) in [5.74, 6) is 1.35. The van der Waals surface area contributed by atoms with Gasteiger partial charge in [0.1, 0.15) is 23.9 Å². The van der Waals surface area contributed by atoms with Gasteiger partial charge in [-0.2, -0.15) is 132 Å². The molecule has 3 heterocycles. The van der Waals surface area contributed by atoms with Crippen molar-refractivity contribution in [1.82, 2.24) is 0 Å². The van der Waals surface area contributed by atoms with Gasteiger partial charge in [-0.15, -0.1) is 0 Å². The van der Waals surface area contributed by atoms with E-state index in [2.05, 4.69) is 56.3 Å². The molecule has 32 heteroatoms. The van der Waals surface area contributed by atoms with E-state index in [0.29, 0.717) is 12.5 Å². The summed E-state index contributed by atoms with van der Waals surface area (Å²) < 4.78 is 362. The van der Waals surface area contributed by atoms with Crippen LogP contribution in [0.25, 0.3) is 21.9 Å². The van der Waals surface area contributed by atoms with Crippen LogP contribution in [-0.2, 0) is 74.3 Å². The first-order chi connectivity index (χ1) is 43.0. The summed E-state index contributed by atoms with van der Waals surface area (Å²) in [5.41, 5.74) is -28.5. The van der Waals surface area contributed by atoms with Gasteiger partial charge in [0.2, 0.25) is 5.90 Å². The maximum Gasteiger partial charge on any atom is 0.416 e. The molecule has 10 rings (SSSR count). The Balaban J connectivity index is 0.000000275. The van der Waals surface area contributed by atoms with Crippen molar-refractivity contribution < 1.29 is 139 Å². The maximum absolute atomic E-state index is 14.2. The third kappa shape index (κ3) is 17.6. The predicted octanol–water partition coefficient (Wildman–Crippen LogP) is 19.4. The van der Waals surface area contributed by atoms with Crippen LogP contribution in [0.1, 0.15) is 96.9 Å². The summed E-state index contributed by atoms with van der Waals surface area (Å²) in [6.07, 6.45) is -38.7. The van der Waals surface area contributed by atoms with Gasteiger partial charge in [-0.3, -0.25) is 0 Å². The van der Waals surface area contributed by atoms with Crippen molar-refractivity contribution in [2.75, 3.05) is 17.8 Å². The Kier molecular flexibility index (Phi) is 22.7. The van der Waals surface area contributed by atoms with Crippen molar-refractivity contribution in [1.29, 1.82) is 0 Å². The molecule has 6 aromatic carbocycles. The van der Waals surface area contributed by atoms with Crippen molar-refractivity contribution >= 4 is 64.0 Å². The Bertz CT molecular complexity index is 3330. The van der Waals surface area contributed by atoms with Gasteiger partial charge in [-0.05, 0) is 107 Å². The van der Waals surface area contributed by atoms with Crippen molar-refractivity contribution in [3.05, 3.63) is 192 Å². The second-order valence-corrected chi connectivity index (χ2v) is 23.5. The van der Waals surface area contributed by atoms with Crippen LogP contribution in [0.3, 0.4) is 0 Å². The topological polar surface area (TPSA) is 51.1 Å². The van der Waals surface area contributed by atoms with Crippen LogP contribution in [0.4, 0.5) is 105 Å². The average Bonchev–Trinajstić information content (AvgIpc) is 0.878. The zero-order valence-electron chi connectivity index (χ0n) is 48.3. The second-order valence-electron chi connectivity index (χ2n) is 22.1. The van der Waals surface area contributed by atoms with Gasteiger partial charge in [-0.25, -0.2) is 4.99 Å².